The van der Waals surface area contributed by atoms with E-state index in [-0.39, 0.29) is 0 Å². The van der Waals surface area contributed by atoms with Crippen LogP contribution >= 0.6 is 0 Å². The average molecular weight is 240 g/mol. The fraction of sp³-hybridized carbons (Fsp3) is 0.933. The Hall–Kier alpha value is -0.370. The molecule has 1 fully saturated rings. The summed E-state index contributed by atoms with van der Waals surface area (Å²) in [5, 5.41) is 0. The number of Topliss-reactive ketones (excluding diaryl/α,β-unsaturated/α-hetero) is 1. The SMILES string of the molecule is CC1COCCCCCCCCCCC(=O)C1. The van der Waals surface area contributed by atoms with Crippen molar-refractivity contribution in [3.63, 3.8) is 0 Å². The second-order valence-corrected chi connectivity index (χ2v) is 5.50. The number of carbonyl (C=O) groups is 1. The smallest absolute Gasteiger partial charge is 0.133 e. The number of hydrogen-bond acceptors (Lipinski definition) is 2. The summed E-state index contributed by atoms with van der Waals surface area (Å²) in [5.41, 5.74) is 0. The lowest BCUT2D eigenvalue weighted by Gasteiger charge is -2.11. The molecule has 0 aromatic carbocycles. The second kappa shape index (κ2) is 9.64. The molecule has 1 unspecified atom stereocenters. The lowest BCUT2D eigenvalue weighted by atomic mass is 10.0. The first-order valence-corrected chi connectivity index (χ1v) is 7.38. The van der Waals surface area contributed by atoms with E-state index in [1.807, 2.05) is 0 Å². The zero-order valence-corrected chi connectivity index (χ0v) is 11.4. The van der Waals surface area contributed by atoms with Gasteiger partial charge in [-0.15, -0.1) is 0 Å². The van der Waals surface area contributed by atoms with E-state index in [4.69, 9.17) is 4.74 Å². The van der Waals surface area contributed by atoms with Gasteiger partial charge in [-0.1, -0.05) is 45.4 Å². The van der Waals surface area contributed by atoms with Crippen molar-refractivity contribution in [3.8, 4) is 0 Å². The zero-order chi connectivity index (χ0) is 12.3. The minimum Gasteiger partial charge on any atom is -0.381 e. The lowest BCUT2D eigenvalue weighted by molar-refractivity contribution is -0.120. The van der Waals surface area contributed by atoms with Gasteiger partial charge in [0.1, 0.15) is 5.78 Å². The van der Waals surface area contributed by atoms with Crippen molar-refractivity contribution in [1.29, 1.82) is 0 Å². The van der Waals surface area contributed by atoms with Crippen LogP contribution in [0, 0.1) is 5.92 Å². The molecule has 1 saturated heterocycles. The Bertz CT molecular complexity index is 201. The third-order valence-electron chi connectivity index (χ3n) is 3.47. The summed E-state index contributed by atoms with van der Waals surface area (Å²) < 4.78 is 5.62. The lowest BCUT2D eigenvalue weighted by Crippen LogP contribution is -2.12. The molecular weight excluding hydrogens is 212 g/mol. The number of rotatable bonds is 0. The molecule has 2 heteroatoms. The number of ketones is 1. The Kier molecular flexibility index (Phi) is 8.33. The van der Waals surface area contributed by atoms with Gasteiger partial charge < -0.3 is 4.74 Å². The van der Waals surface area contributed by atoms with Crippen LogP contribution in [0.3, 0.4) is 0 Å². The van der Waals surface area contributed by atoms with E-state index in [0.717, 1.165) is 26.1 Å². The summed E-state index contributed by atoms with van der Waals surface area (Å²) in [5.74, 6) is 0.823. The van der Waals surface area contributed by atoms with Gasteiger partial charge in [-0.25, -0.2) is 0 Å². The van der Waals surface area contributed by atoms with Crippen LogP contribution in [0.2, 0.25) is 0 Å². The van der Waals surface area contributed by atoms with E-state index >= 15 is 0 Å². The molecule has 0 spiro atoms. The number of hydrogen-bond donors (Lipinski definition) is 0. The molecule has 2 nitrogen and oxygen atoms in total. The Morgan fingerprint density at radius 3 is 2.24 bits per heavy atom. The van der Waals surface area contributed by atoms with Gasteiger partial charge >= 0.3 is 0 Å². The molecule has 1 heterocycles. The van der Waals surface area contributed by atoms with Crippen LogP contribution in [-0.4, -0.2) is 19.0 Å². The van der Waals surface area contributed by atoms with Gasteiger partial charge in [0.25, 0.3) is 0 Å². The van der Waals surface area contributed by atoms with Crippen molar-refractivity contribution in [2.24, 2.45) is 5.92 Å². The van der Waals surface area contributed by atoms with E-state index in [2.05, 4.69) is 6.92 Å². The first-order chi connectivity index (χ1) is 8.29. The van der Waals surface area contributed by atoms with Gasteiger partial charge in [-0.05, 0) is 18.8 Å². The molecule has 0 aliphatic carbocycles. The van der Waals surface area contributed by atoms with Gasteiger partial charge in [0, 0.05) is 26.1 Å². The average Bonchev–Trinajstić information content (AvgIpc) is 2.30. The molecule has 0 N–H and O–H groups in total. The summed E-state index contributed by atoms with van der Waals surface area (Å²) in [6, 6.07) is 0. The van der Waals surface area contributed by atoms with Crippen LogP contribution in [0.25, 0.3) is 0 Å². The van der Waals surface area contributed by atoms with Crippen molar-refractivity contribution >= 4 is 5.78 Å². The van der Waals surface area contributed by atoms with E-state index in [1.54, 1.807) is 0 Å². The molecule has 1 atom stereocenters. The van der Waals surface area contributed by atoms with Gasteiger partial charge in [0.2, 0.25) is 0 Å². The Labute approximate surface area is 106 Å². The van der Waals surface area contributed by atoms with Crippen molar-refractivity contribution in [2.45, 2.75) is 71.1 Å². The molecule has 1 rings (SSSR count). The standard InChI is InChI=1S/C15H28O2/c1-14-12-15(16)10-8-6-4-2-3-5-7-9-11-17-13-14/h14H,2-13H2,1H3. The van der Waals surface area contributed by atoms with Crippen molar-refractivity contribution in [3.05, 3.63) is 0 Å². The third kappa shape index (κ3) is 8.37. The molecular formula is C15H28O2. The molecule has 0 aromatic rings. The topological polar surface area (TPSA) is 26.3 Å². The minimum absolute atomic E-state index is 0.396. The minimum atomic E-state index is 0.396. The van der Waals surface area contributed by atoms with Gasteiger partial charge in [-0.2, -0.15) is 0 Å². The van der Waals surface area contributed by atoms with Gasteiger partial charge in [-0.3, -0.25) is 4.79 Å². The number of ether oxygens (including phenoxy) is 1. The van der Waals surface area contributed by atoms with Crippen molar-refractivity contribution in [1.82, 2.24) is 0 Å². The molecule has 0 amide bonds. The number of carbonyl (C=O) groups excluding carboxylic acids is 1. The highest BCUT2D eigenvalue weighted by atomic mass is 16.5. The van der Waals surface area contributed by atoms with E-state index in [1.165, 1.54) is 44.9 Å². The third-order valence-corrected chi connectivity index (χ3v) is 3.47. The predicted molar refractivity (Wildman–Crippen MR) is 71.2 cm³/mol. The predicted octanol–water partition coefficient (Wildman–Crippen LogP) is 4.12. The van der Waals surface area contributed by atoms with Crippen LogP contribution in [0.5, 0.6) is 0 Å². The highest BCUT2D eigenvalue weighted by Gasteiger charge is 2.09. The molecule has 1 aliphatic rings. The van der Waals surface area contributed by atoms with Crippen LogP contribution in [0.1, 0.15) is 71.1 Å². The van der Waals surface area contributed by atoms with Crippen molar-refractivity contribution in [2.75, 3.05) is 13.2 Å². The highest BCUT2D eigenvalue weighted by Crippen LogP contribution is 2.13. The van der Waals surface area contributed by atoms with E-state index < -0.39 is 0 Å². The summed E-state index contributed by atoms with van der Waals surface area (Å²) in [7, 11) is 0. The van der Waals surface area contributed by atoms with Crippen LogP contribution < -0.4 is 0 Å². The normalized spacial score (nSPS) is 27.1. The maximum absolute atomic E-state index is 11.7. The summed E-state index contributed by atoms with van der Waals surface area (Å²) in [6.07, 6.45) is 11.6. The molecule has 17 heavy (non-hydrogen) atoms. The van der Waals surface area contributed by atoms with Gasteiger partial charge in [0.05, 0.1) is 0 Å². The van der Waals surface area contributed by atoms with Crippen LogP contribution in [0.4, 0.5) is 0 Å². The van der Waals surface area contributed by atoms with Crippen molar-refractivity contribution < 1.29 is 9.53 Å². The zero-order valence-electron chi connectivity index (χ0n) is 11.4. The van der Waals surface area contributed by atoms with E-state index in [9.17, 15) is 4.79 Å². The molecule has 1 aliphatic heterocycles. The summed E-state index contributed by atoms with van der Waals surface area (Å²) in [6.45, 7) is 3.75. The largest absolute Gasteiger partial charge is 0.381 e. The first-order valence-electron chi connectivity index (χ1n) is 7.38. The monoisotopic (exact) mass is 240 g/mol. The maximum Gasteiger partial charge on any atom is 0.133 e. The molecule has 0 aromatic heterocycles. The Morgan fingerprint density at radius 2 is 1.53 bits per heavy atom. The summed E-state index contributed by atoms with van der Waals surface area (Å²) in [4.78, 5) is 11.7. The molecule has 100 valence electrons. The van der Waals surface area contributed by atoms with Crippen LogP contribution in [0.15, 0.2) is 0 Å². The summed E-state index contributed by atoms with van der Waals surface area (Å²) >= 11 is 0. The molecule has 0 bridgehead atoms. The van der Waals surface area contributed by atoms with Crippen LogP contribution in [-0.2, 0) is 9.53 Å². The highest BCUT2D eigenvalue weighted by molar-refractivity contribution is 5.78. The Morgan fingerprint density at radius 1 is 0.941 bits per heavy atom. The molecule has 0 radical (unpaired) electrons. The quantitative estimate of drug-likeness (QED) is 0.636. The fourth-order valence-electron chi connectivity index (χ4n) is 2.42. The van der Waals surface area contributed by atoms with E-state index in [0.29, 0.717) is 18.1 Å². The molecule has 0 saturated carbocycles. The van der Waals surface area contributed by atoms with Gasteiger partial charge in [0.15, 0.2) is 0 Å². The first kappa shape index (κ1) is 14.7. The maximum atomic E-state index is 11.7. The fourth-order valence-corrected chi connectivity index (χ4v) is 2.42. The second-order valence-electron chi connectivity index (χ2n) is 5.50. The Balaban J connectivity index is 2.23.